The lowest BCUT2D eigenvalue weighted by Gasteiger charge is -2.33. The Bertz CT molecular complexity index is 1010. The van der Waals surface area contributed by atoms with Gasteiger partial charge in [0.05, 0.1) is 37.5 Å². The molecule has 0 amide bonds. The molecule has 0 saturated heterocycles. The summed E-state index contributed by atoms with van der Waals surface area (Å²) in [6.45, 7) is 4.11. The predicted molar refractivity (Wildman–Crippen MR) is 115 cm³/mol. The Morgan fingerprint density at radius 3 is 2.73 bits per heavy atom. The fraction of sp³-hybridized carbons (Fsp3) is 0.261. The van der Waals surface area contributed by atoms with E-state index in [1.807, 2.05) is 36.4 Å². The van der Waals surface area contributed by atoms with Crippen molar-refractivity contribution in [1.29, 1.82) is 0 Å². The largest absolute Gasteiger partial charge is 0.489 e. The van der Waals surface area contributed by atoms with Gasteiger partial charge in [0.1, 0.15) is 18.0 Å². The number of methoxy groups -OCH3 is 1. The Hall–Kier alpha value is -3.61. The minimum atomic E-state index is -0.344. The molecular formula is C23H24N4O3. The van der Waals surface area contributed by atoms with E-state index in [2.05, 4.69) is 27.1 Å². The smallest absolute Gasteiger partial charge is 0.337 e. The molecule has 0 unspecified atom stereocenters. The van der Waals surface area contributed by atoms with Gasteiger partial charge in [0.15, 0.2) is 5.82 Å². The van der Waals surface area contributed by atoms with Crippen molar-refractivity contribution in [3.05, 3.63) is 77.7 Å². The monoisotopic (exact) mass is 404 g/mol. The summed E-state index contributed by atoms with van der Waals surface area (Å²) in [5, 5.41) is 3.50. The van der Waals surface area contributed by atoms with Crippen LogP contribution in [0, 0.1) is 0 Å². The summed E-state index contributed by atoms with van der Waals surface area (Å²) >= 11 is 0. The first-order valence-electron chi connectivity index (χ1n) is 9.87. The van der Waals surface area contributed by atoms with Crippen LogP contribution in [0.15, 0.2) is 60.9 Å². The number of nitrogens with zero attached hydrogens (tertiary/aromatic N) is 3. The van der Waals surface area contributed by atoms with Gasteiger partial charge in [-0.1, -0.05) is 18.2 Å². The number of hydrogen-bond donors (Lipinski definition) is 1. The zero-order valence-corrected chi connectivity index (χ0v) is 17.0. The zero-order valence-electron chi connectivity index (χ0n) is 17.0. The Labute approximate surface area is 175 Å². The third-order valence-corrected chi connectivity index (χ3v) is 5.09. The molecule has 0 radical (unpaired) electrons. The van der Waals surface area contributed by atoms with E-state index in [0.29, 0.717) is 18.7 Å². The quantitative estimate of drug-likeness (QED) is 0.626. The maximum atomic E-state index is 11.7. The van der Waals surface area contributed by atoms with Gasteiger partial charge in [-0.15, -0.1) is 0 Å². The van der Waals surface area contributed by atoms with Crippen LogP contribution in [0.5, 0.6) is 5.75 Å². The van der Waals surface area contributed by atoms with Crippen molar-refractivity contribution >= 4 is 17.5 Å². The molecule has 1 aliphatic heterocycles. The molecule has 1 aliphatic rings. The highest BCUT2D eigenvalue weighted by atomic mass is 16.5. The normalized spacial score (nSPS) is 13.7. The number of ether oxygens (including phenoxy) is 2. The number of benzene rings is 1. The average molecular weight is 404 g/mol. The van der Waals surface area contributed by atoms with Crippen LogP contribution >= 0.6 is 0 Å². The van der Waals surface area contributed by atoms with Crippen LogP contribution in [0.4, 0.5) is 11.5 Å². The van der Waals surface area contributed by atoms with Gasteiger partial charge in [0, 0.05) is 18.5 Å². The number of fused-ring (bicyclic) bond motifs is 1. The average Bonchev–Trinajstić information content (AvgIpc) is 2.79. The third-order valence-electron chi connectivity index (χ3n) is 5.09. The standard InChI is InChI=1S/C23H24N4O3/c1-16(17-6-8-18(9-7-17)23(28)29-2)26-22-21-20(10-12-25-22)30-14-13-27(21)15-19-5-3-4-11-24-19/h3-12,16H,13-15H2,1-2H3,(H,25,26)/t16-/m0/s1. The minimum Gasteiger partial charge on any atom is -0.489 e. The van der Waals surface area contributed by atoms with E-state index in [9.17, 15) is 4.79 Å². The molecule has 0 bridgehead atoms. The van der Waals surface area contributed by atoms with Crippen LogP contribution < -0.4 is 15.0 Å². The Morgan fingerprint density at radius 2 is 2.00 bits per heavy atom. The summed E-state index contributed by atoms with van der Waals surface area (Å²) in [7, 11) is 1.38. The van der Waals surface area contributed by atoms with E-state index in [4.69, 9.17) is 9.47 Å². The Balaban J connectivity index is 1.57. The number of pyridine rings is 2. The summed E-state index contributed by atoms with van der Waals surface area (Å²) in [4.78, 5) is 22.9. The molecule has 2 aromatic heterocycles. The number of esters is 1. The molecule has 7 nitrogen and oxygen atoms in total. The first-order valence-corrected chi connectivity index (χ1v) is 9.87. The molecule has 3 heterocycles. The first-order chi connectivity index (χ1) is 14.7. The lowest BCUT2D eigenvalue weighted by Crippen LogP contribution is -2.33. The predicted octanol–water partition coefficient (Wildman–Crippen LogP) is 3.84. The summed E-state index contributed by atoms with van der Waals surface area (Å²) in [5.74, 6) is 1.22. The molecule has 1 aromatic carbocycles. The van der Waals surface area contributed by atoms with E-state index < -0.39 is 0 Å². The molecule has 1 N–H and O–H groups in total. The SMILES string of the molecule is COC(=O)c1ccc([C@H](C)Nc2nccc3c2N(Cc2ccccn2)CCO3)cc1. The van der Waals surface area contributed by atoms with Gasteiger partial charge in [-0.05, 0) is 36.8 Å². The van der Waals surface area contributed by atoms with Crippen molar-refractivity contribution in [3.63, 3.8) is 0 Å². The van der Waals surface area contributed by atoms with Crippen molar-refractivity contribution < 1.29 is 14.3 Å². The molecule has 0 spiro atoms. The Morgan fingerprint density at radius 1 is 1.17 bits per heavy atom. The second kappa shape index (κ2) is 8.82. The topological polar surface area (TPSA) is 76.6 Å². The maximum Gasteiger partial charge on any atom is 0.337 e. The van der Waals surface area contributed by atoms with Crippen molar-refractivity contribution in [2.45, 2.75) is 19.5 Å². The van der Waals surface area contributed by atoms with Gasteiger partial charge in [-0.3, -0.25) is 4.98 Å². The second-order valence-electron chi connectivity index (χ2n) is 7.08. The van der Waals surface area contributed by atoms with Gasteiger partial charge >= 0.3 is 5.97 Å². The molecular weight excluding hydrogens is 380 g/mol. The molecule has 7 heteroatoms. The first kappa shape index (κ1) is 19.7. The van der Waals surface area contributed by atoms with Gasteiger partial charge in [-0.2, -0.15) is 0 Å². The van der Waals surface area contributed by atoms with Crippen LogP contribution in [0.2, 0.25) is 0 Å². The van der Waals surface area contributed by atoms with E-state index in [1.54, 1.807) is 24.5 Å². The van der Waals surface area contributed by atoms with Crippen molar-refractivity contribution in [2.24, 2.45) is 0 Å². The Kier molecular flexibility index (Phi) is 5.79. The van der Waals surface area contributed by atoms with E-state index in [1.165, 1.54) is 7.11 Å². The number of carbonyl (C=O) groups is 1. The lowest BCUT2D eigenvalue weighted by atomic mass is 10.1. The summed E-state index contributed by atoms with van der Waals surface area (Å²) in [5.41, 5.74) is 3.49. The van der Waals surface area contributed by atoms with Crippen molar-refractivity contribution in [1.82, 2.24) is 9.97 Å². The summed E-state index contributed by atoms with van der Waals surface area (Å²) in [6.07, 6.45) is 3.55. The van der Waals surface area contributed by atoms with E-state index in [-0.39, 0.29) is 12.0 Å². The molecule has 0 saturated carbocycles. The van der Waals surface area contributed by atoms with E-state index >= 15 is 0 Å². The number of rotatable bonds is 6. The molecule has 154 valence electrons. The number of nitrogens with one attached hydrogen (secondary N) is 1. The van der Waals surface area contributed by atoms with Gasteiger partial charge in [-0.25, -0.2) is 9.78 Å². The number of anilines is 2. The van der Waals surface area contributed by atoms with Gasteiger partial charge < -0.3 is 19.7 Å². The fourth-order valence-electron chi connectivity index (χ4n) is 3.50. The lowest BCUT2D eigenvalue weighted by molar-refractivity contribution is 0.0600. The minimum absolute atomic E-state index is 0.0191. The second-order valence-corrected chi connectivity index (χ2v) is 7.08. The zero-order chi connectivity index (χ0) is 20.9. The molecule has 0 aliphatic carbocycles. The fourth-order valence-corrected chi connectivity index (χ4v) is 3.50. The van der Waals surface area contributed by atoms with Crippen LogP contribution in [0.25, 0.3) is 0 Å². The van der Waals surface area contributed by atoms with Gasteiger partial charge in [0.25, 0.3) is 0 Å². The maximum absolute atomic E-state index is 11.7. The molecule has 3 aromatic rings. The summed E-state index contributed by atoms with van der Waals surface area (Å²) in [6, 6.07) is 15.2. The summed E-state index contributed by atoms with van der Waals surface area (Å²) < 4.78 is 10.6. The number of aromatic nitrogens is 2. The molecule has 30 heavy (non-hydrogen) atoms. The molecule has 1 atom stereocenters. The highest BCUT2D eigenvalue weighted by molar-refractivity contribution is 5.89. The van der Waals surface area contributed by atoms with Crippen LogP contribution in [-0.4, -0.2) is 36.2 Å². The van der Waals surface area contributed by atoms with Crippen LogP contribution in [-0.2, 0) is 11.3 Å². The molecule has 0 fully saturated rings. The highest BCUT2D eigenvalue weighted by Crippen LogP contribution is 2.39. The van der Waals surface area contributed by atoms with Crippen LogP contribution in [0.1, 0.15) is 34.6 Å². The third kappa shape index (κ3) is 4.20. The van der Waals surface area contributed by atoms with Crippen molar-refractivity contribution in [3.8, 4) is 5.75 Å². The highest BCUT2D eigenvalue weighted by Gasteiger charge is 2.24. The van der Waals surface area contributed by atoms with E-state index in [0.717, 1.165) is 35.1 Å². The van der Waals surface area contributed by atoms with Crippen molar-refractivity contribution in [2.75, 3.05) is 30.5 Å². The number of hydrogen-bond acceptors (Lipinski definition) is 7. The molecule has 4 rings (SSSR count). The van der Waals surface area contributed by atoms with Crippen LogP contribution in [0.3, 0.4) is 0 Å². The number of carbonyl (C=O) groups excluding carboxylic acids is 1. The van der Waals surface area contributed by atoms with Gasteiger partial charge in [0.2, 0.25) is 0 Å².